The number of rotatable bonds is 7. The second-order valence-electron chi connectivity index (χ2n) is 11.4. The van der Waals surface area contributed by atoms with Gasteiger partial charge in [0.1, 0.15) is 5.60 Å². The van der Waals surface area contributed by atoms with E-state index in [4.69, 9.17) is 4.74 Å². The topological polar surface area (TPSA) is 96.0 Å². The number of hydrogen-bond acceptors (Lipinski definition) is 5. The van der Waals surface area contributed by atoms with Crippen molar-refractivity contribution in [2.75, 3.05) is 31.5 Å². The Hall–Kier alpha value is -2.13. The van der Waals surface area contributed by atoms with Crippen LogP contribution < -0.4 is 5.32 Å². The van der Waals surface area contributed by atoms with E-state index in [9.17, 15) is 18.0 Å². The van der Waals surface area contributed by atoms with E-state index in [-0.39, 0.29) is 12.0 Å². The lowest BCUT2D eigenvalue weighted by molar-refractivity contribution is -0.114. The summed E-state index contributed by atoms with van der Waals surface area (Å²) >= 11 is 0. The highest BCUT2D eigenvalue weighted by Crippen LogP contribution is 2.31. The number of nitrogens with zero attached hydrogens (tertiary/aromatic N) is 2. The van der Waals surface area contributed by atoms with Gasteiger partial charge in [-0.3, -0.25) is 4.79 Å². The van der Waals surface area contributed by atoms with Gasteiger partial charge in [0.05, 0.1) is 4.90 Å². The van der Waals surface area contributed by atoms with Crippen molar-refractivity contribution in [2.24, 2.45) is 11.8 Å². The van der Waals surface area contributed by atoms with Gasteiger partial charge in [-0.05, 0) is 89.0 Å². The Bertz CT molecular complexity index is 1020. The molecule has 8 nitrogen and oxygen atoms in total. The molecule has 3 rings (SSSR count). The van der Waals surface area contributed by atoms with Crippen LogP contribution in [0.4, 0.5) is 10.5 Å². The van der Waals surface area contributed by atoms with Crippen LogP contribution in [0.15, 0.2) is 23.1 Å². The minimum absolute atomic E-state index is 0.182. The summed E-state index contributed by atoms with van der Waals surface area (Å²) in [6.07, 6.45) is 7.06. The minimum Gasteiger partial charge on any atom is -0.444 e. The van der Waals surface area contributed by atoms with Crippen molar-refractivity contribution >= 4 is 27.7 Å². The zero-order valence-corrected chi connectivity index (χ0v) is 23.3. The number of carbonyl (C=O) groups excluding carboxylic acids is 2. The van der Waals surface area contributed by atoms with E-state index in [0.29, 0.717) is 41.1 Å². The minimum atomic E-state index is -3.54. The van der Waals surface area contributed by atoms with E-state index < -0.39 is 15.6 Å². The molecule has 1 N–H and O–H groups in total. The predicted molar refractivity (Wildman–Crippen MR) is 141 cm³/mol. The van der Waals surface area contributed by atoms with Gasteiger partial charge in [0.2, 0.25) is 15.9 Å². The number of likely N-dealkylation sites (tertiary alicyclic amines) is 1. The molecule has 0 aliphatic carbocycles. The van der Waals surface area contributed by atoms with E-state index in [2.05, 4.69) is 5.32 Å². The SMILES string of the molecule is CC(=O)Nc1ccc(S(=O)(=O)N2CCC(CCCC3CCN(C(=O)OC(C)(C)C)CC3)CC2)c(C)c1. The van der Waals surface area contributed by atoms with Gasteiger partial charge in [0.25, 0.3) is 0 Å². The summed E-state index contributed by atoms with van der Waals surface area (Å²) in [5.41, 5.74) is 0.786. The summed E-state index contributed by atoms with van der Waals surface area (Å²) in [4.78, 5) is 25.7. The number of aryl methyl sites for hydroxylation is 1. The van der Waals surface area contributed by atoms with Gasteiger partial charge in [0, 0.05) is 38.8 Å². The lowest BCUT2D eigenvalue weighted by Crippen LogP contribution is -2.41. The summed E-state index contributed by atoms with van der Waals surface area (Å²) < 4.78 is 33.5. The van der Waals surface area contributed by atoms with Gasteiger partial charge < -0.3 is 15.0 Å². The van der Waals surface area contributed by atoms with Gasteiger partial charge in [-0.2, -0.15) is 4.31 Å². The van der Waals surface area contributed by atoms with E-state index in [0.717, 1.165) is 51.6 Å². The van der Waals surface area contributed by atoms with Crippen LogP contribution in [-0.4, -0.2) is 61.4 Å². The van der Waals surface area contributed by atoms with Crippen molar-refractivity contribution in [1.29, 1.82) is 0 Å². The van der Waals surface area contributed by atoms with Gasteiger partial charge in [-0.1, -0.05) is 19.3 Å². The number of nitrogens with one attached hydrogen (secondary N) is 1. The van der Waals surface area contributed by atoms with Crippen molar-refractivity contribution in [1.82, 2.24) is 9.21 Å². The van der Waals surface area contributed by atoms with Gasteiger partial charge in [-0.15, -0.1) is 0 Å². The molecule has 2 aliphatic heterocycles. The molecule has 0 bridgehead atoms. The molecule has 0 unspecified atom stereocenters. The second kappa shape index (κ2) is 11.9. The number of carbonyl (C=O) groups is 2. The number of anilines is 1. The monoisotopic (exact) mass is 521 g/mol. The Balaban J connectivity index is 1.40. The molecular weight excluding hydrogens is 478 g/mol. The third kappa shape index (κ3) is 7.93. The van der Waals surface area contributed by atoms with Gasteiger partial charge >= 0.3 is 6.09 Å². The largest absolute Gasteiger partial charge is 0.444 e. The Morgan fingerprint density at radius 2 is 1.56 bits per heavy atom. The second-order valence-corrected chi connectivity index (χ2v) is 13.3. The third-order valence-electron chi connectivity index (χ3n) is 7.18. The molecule has 0 aromatic heterocycles. The molecular formula is C27H43N3O5S. The summed E-state index contributed by atoms with van der Waals surface area (Å²) in [6, 6.07) is 4.95. The fourth-order valence-corrected chi connectivity index (χ4v) is 6.90. The van der Waals surface area contributed by atoms with Crippen LogP contribution in [0, 0.1) is 18.8 Å². The van der Waals surface area contributed by atoms with E-state index in [1.54, 1.807) is 29.4 Å². The molecule has 1 aromatic carbocycles. The molecule has 202 valence electrons. The highest BCUT2D eigenvalue weighted by molar-refractivity contribution is 7.89. The first-order valence-corrected chi connectivity index (χ1v) is 14.7. The van der Waals surface area contributed by atoms with Crippen LogP contribution >= 0.6 is 0 Å². The summed E-state index contributed by atoms with van der Waals surface area (Å²) in [5.74, 6) is 1.02. The molecule has 0 saturated carbocycles. The van der Waals surface area contributed by atoms with Crippen molar-refractivity contribution < 1.29 is 22.7 Å². The average Bonchev–Trinajstić information content (AvgIpc) is 2.78. The van der Waals surface area contributed by atoms with Crippen molar-refractivity contribution in [3.05, 3.63) is 23.8 Å². The van der Waals surface area contributed by atoms with Crippen molar-refractivity contribution in [3.63, 3.8) is 0 Å². The van der Waals surface area contributed by atoms with Crippen LogP contribution in [-0.2, 0) is 19.6 Å². The fraction of sp³-hybridized carbons (Fsp3) is 0.704. The number of ether oxygens (including phenoxy) is 1. The number of sulfonamides is 1. The zero-order chi connectivity index (χ0) is 26.5. The molecule has 36 heavy (non-hydrogen) atoms. The Kier molecular flexibility index (Phi) is 9.44. The lowest BCUT2D eigenvalue weighted by atomic mass is 9.87. The first kappa shape index (κ1) is 28.4. The molecule has 2 fully saturated rings. The van der Waals surface area contributed by atoms with Crippen LogP contribution in [0.25, 0.3) is 0 Å². The summed E-state index contributed by atoms with van der Waals surface area (Å²) in [7, 11) is -3.54. The number of hydrogen-bond donors (Lipinski definition) is 1. The van der Waals surface area contributed by atoms with Crippen molar-refractivity contribution in [3.8, 4) is 0 Å². The molecule has 2 amide bonds. The first-order valence-electron chi connectivity index (χ1n) is 13.2. The standard InChI is InChI=1S/C27H43N3O5S/c1-20-19-24(28-21(2)31)9-10-25(20)36(33,34)30-17-13-23(14-18-30)8-6-7-22-11-15-29(16-12-22)26(32)35-27(3,4)5/h9-10,19,22-23H,6-8,11-18H2,1-5H3,(H,28,31). The number of amides is 2. The summed E-state index contributed by atoms with van der Waals surface area (Å²) in [5, 5.41) is 2.70. The molecule has 0 radical (unpaired) electrons. The van der Waals surface area contributed by atoms with E-state index >= 15 is 0 Å². The molecule has 2 saturated heterocycles. The van der Waals surface area contributed by atoms with Crippen LogP contribution in [0.5, 0.6) is 0 Å². The van der Waals surface area contributed by atoms with Crippen LogP contribution in [0.2, 0.25) is 0 Å². The highest BCUT2D eigenvalue weighted by Gasteiger charge is 2.31. The van der Waals surface area contributed by atoms with E-state index in [1.807, 2.05) is 25.7 Å². The zero-order valence-electron chi connectivity index (χ0n) is 22.5. The normalized spacial score (nSPS) is 18.8. The van der Waals surface area contributed by atoms with Crippen molar-refractivity contribution in [2.45, 2.75) is 90.1 Å². The van der Waals surface area contributed by atoms with Crippen LogP contribution in [0.3, 0.4) is 0 Å². The maximum Gasteiger partial charge on any atom is 0.410 e. The number of piperidine rings is 2. The Labute approximate surface area is 216 Å². The summed E-state index contributed by atoms with van der Waals surface area (Å²) in [6.45, 7) is 11.5. The van der Waals surface area contributed by atoms with Gasteiger partial charge in [0.15, 0.2) is 0 Å². The molecule has 9 heteroatoms. The Morgan fingerprint density at radius 1 is 1.00 bits per heavy atom. The fourth-order valence-electron chi connectivity index (χ4n) is 5.22. The Morgan fingerprint density at radius 3 is 2.06 bits per heavy atom. The highest BCUT2D eigenvalue weighted by atomic mass is 32.2. The molecule has 2 aliphatic rings. The molecule has 0 spiro atoms. The lowest BCUT2D eigenvalue weighted by Gasteiger charge is -2.34. The third-order valence-corrected chi connectivity index (χ3v) is 9.24. The molecule has 0 atom stereocenters. The van der Waals surface area contributed by atoms with Gasteiger partial charge in [-0.25, -0.2) is 13.2 Å². The van der Waals surface area contributed by atoms with E-state index in [1.165, 1.54) is 13.3 Å². The molecule has 2 heterocycles. The average molecular weight is 522 g/mol. The predicted octanol–water partition coefficient (Wildman–Crippen LogP) is 5.17. The maximum atomic E-state index is 13.2. The quantitative estimate of drug-likeness (QED) is 0.534. The van der Waals surface area contributed by atoms with Crippen LogP contribution in [0.1, 0.15) is 78.2 Å². The smallest absolute Gasteiger partial charge is 0.410 e. The molecule has 1 aromatic rings. The first-order chi connectivity index (χ1) is 16.8. The maximum absolute atomic E-state index is 13.2. The number of benzene rings is 1.